The molecule has 1 N–H and O–H groups in total. The van der Waals surface area contributed by atoms with E-state index in [9.17, 15) is 22.8 Å². The van der Waals surface area contributed by atoms with Gasteiger partial charge in [0, 0.05) is 23.1 Å². The Balaban J connectivity index is 1.46. The Morgan fingerprint density at radius 1 is 0.812 bits per heavy atom. The van der Waals surface area contributed by atoms with Crippen LogP contribution in [0, 0.1) is 6.92 Å². The zero-order valence-electron chi connectivity index (χ0n) is 17.4. The highest BCUT2D eigenvalue weighted by Crippen LogP contribution is 2.32. The van der Waals surface area contributed by atoms with E-state index >= 15 is 0 Å². The molecule has 3 aromatic rings. The summed E-state index contributed by atoms with van der Waals surface area (Å²) in [5.74, 6) is -1.18. The van der Waals surface area contributed by atoms with Gasteiger partial charge in [-0.2, -0.15) is 0 Å². The maximum atomic E-state index is 13.0. The van der Waals surface area contributed by atoms with Gasteiger partial charge < -0.3 is 5.32 Å². The van der Waals surface area contributed by atoms with Gasteiger partial charge in [-0.15, -0.1) is 0 Å². The minimum absolute atomic E-state index is 0.0342. The fourth-order valence-corrected chi connectivity index (χ4v) is 5.06. The van der Waals surface area contributed by atoms with Crippen LogP contribution in [-0.4, -0.2) is 31.6 Å². The van der Waals surface area contributed by atoms with E-state index in [2.05, 4.69) is 5.32 Å². The lowest BCUT2D eigenvalue weighted by molar-refractivity contribution is -0.116. The Labute approximate surface area is 186 Å². The Morgan fingerprint density at radius 3 is 2.12 bits per heavy atom. The summed E-state index contributed by atoms with van der Waals surface area (Å²) in [7, 11) is -3.49. The van der Waals surface area contributed by atoms with Crippen molar-refractivity contribution >= 4 is 33.0 Å². The Morgan fingerprint density at radius 2 is 1.44 bits per heavy atom. The van der Waals surface area contributed by atoms with Crippen LogP contribution in [0.25, 0.3) is 0 Å². The summed E-state index contributed by atoms with van der Waals surface area (Å²) in [5.41, 5.74) is 2.27. The maximum Gasteiger partial charge on any atom is 0.224 e. The van der Waals surface area contributed by atoms with Gasteiger partial charge in [0.25, 0.3) is 0 Å². The number of benzene rings is 3. The van der Waals surface area contributed by atoms with Gasteiger partial charge in [-0.3, -0.25) is 14.4 Å². The molecule has 0 radical (unpaired) electrons. The fourth-order valence-electron chi connectivity index (χ4n) is 3.75. The van der Waals surface area contributed by atoms with Crippen molar-refractivity contribution in [3.63, 3.8) is 0 Å². The number of hydrogen-bond acceptors (Lipinski definition) is 5. The predicted octanol–water partition coefficient (Wildman–Crippen LogP) is 3.96. The van der Waals surface area contributed by atoms with Gasteiger partial charge in [-0.1, -0.05) is 54.1 Å². The van der Waals surface area contributed by atoms with Crippen molar-refractivity contribution in [3.8, 4) is 0 Å². The highest BCUT2D eigenvalue weighted by atomic mass is 32.2. The highest BCUT2D eigenvalue weighted by molar-refractivity contribution is 7.91. The quantitative estimate of drug-likeness (QED) is 0.482. The van der Waals surface area contributed by atoms with Crippen LogP contribution in [0.4, 0.5) is 5.69 Å². The van der Waals surface area contributed by atoms with Crippen molar-refractivity contribution in [2.75, 3.05) is 11.1 Å². The first kappa shape index (κ1) is 21.6. The molecule has 1 aliphatic rings. The van der Waals surface area contributed by atoms with Crippen LogP contribution in [0.5, 0.6) is 0 Å². The molecule has 0 aliphatic heterocycles. The van der Waals surface area contributed by atoms with Crippen LogP contribution < -0.4 is 5.32 Å². The van der Waals surface area contributed by atoms with Crippen LogP contribution in [-0.2, 0) is 14.6 Å². The van der Waals surface area contributed by atoms with E-state index in [0.717, 1.165) is 5.56 Å². The standard InChI is InChI=1S/C25H21NO5S/c1-16-11-13-17(14-12-16)32(30,31)15-5-10-22(27)26-21-9-4-8-20-23(21)25(29)19-7-3-2-6-18(19)24(20)28/h2-4,6-9,11-14H,5,10,15H2,1H3,(H,26,27). The number of carbonyl (C=O) groups is 3. The summed E-state index contributed by atoms with van der Waals surface area (Å²) in [4.78, 5) is 38.5. The molecule has 32 heavy (non-hydrogen) atoms. The van der Waals surface area contributed by atoms with Crippen molar-refractivity contribution in [2.45, 2.75) is 24.7 Å². The molecular weight excluding hydrogens is 426 g/mol. The van der Waals surface area contributed by atoms with Gasteiger partial charge in [0.15, 0.2) is 21.4 Å². The van der Waals surface area contributed by atoms with Crippen molar-refractivity contribution in [1.82, 2.24) is 0 Å². The van der Waals surface area contributed by atoms with Crippen LogP contribution in [0.1, 0.15) is 50.2 Å². The molecule has 3 aromatic carbocycles. The number of aryl methyl sites for hydroxylation is 1. The fraction of sp³-hybridized carbons (Fsp3) is 0.160. The minimum Gasteiger partial charge on any atom is -0.325 e. The molecular formula is C25H21NO5S. The molecule has 0 spiro atoms. The second-order valence-electron chi connectivity index (χ2n) is 7.72. The molecule has 0 atom stereocenters. The highest BCUT2D eigenvalue weighted by Gasteiger charge is 2.31. The number of amides is 1. The van der Waals surface area contributed by atoms with E-state index in [0.29, 0.717) is 11.1 Å². The van der Waals surface area contributed by atoms with Gasteiger partial charge in [-0.25, -0.2) is 8.42 Å². The van der Waals surface area contributed by atoms with E-state index in [4.69, 9.17) is 0 Å². The molecule has 1 amide bonds. The average Bonchev–Trinajstić information content (AvgIpc) is 2.77. The molecule has 0 saturated carbocycles. The van der Waals surface area contributed by atoms with Gasteiger partial charge in [0.2, 0.25) is 5.91 Å². The molecule has 0 fully saturated rings. The van der Waals surface area contributed by atoms with Crippen LogP contribution in [0.15, 0.2) is 71.6 Å². The lowest BCUT2D eigenvalue weighted by Crippen LogP contribution is -2.24. The van der Waals surface area contributed by atoms with E-state index < -0.39 is 15.7 Å². The summed E-state index contributed by atoms with van der Waals surface area (Å²) in [6.45, 7) is 1.87. The second kappa shape index (κ2) is 8.51. The van der Waals surface area contributed by atoms with E-state index in [1.54, 1.807) is 66.7 Å². The third-order valence-electron chi connectivity index (χ3n) is 5.42. The first-order chi connectivity index (χ1) is 15.3. The largest absolute Gasteiger partial charge is 0.325 e. The van der Waals surface area contributed by atoms with Gasteiger partial charge in [-0.05, 0) is 31.5 Å². The normalized spacial score (nSPS) is 12.8. The van der Waals surface area contributed by atoms with Crippen molar-refractivity contribution in [2.24, 2.45) is 0 Å². The topological polar surface area (TPSA) is 97.4 Å². The number of hydrogen-bond donors (Lipinski definition) is 1. The number of sulfone groups is 1. The number of carbonyl (C=O) groups excluding carboxylic acids is 3. The molecule has 0 bridgehead atoms. The monoisotopic (exact) mass is 447 g/mol. The summed E-state index contributed by atoms with van der Waals surface area (Å²) in [5, 5.41) is 2.68. The average molecular weight is 448 g/mol. The van der Waals surface area contributed by atoms with Crippen LogP contribution in [0.2, 0.25) is 0 Å². The predicted molar refractivity (Wildman–Crippen MR) is 121 cm³/mol. The van der Waals surface area contributed by atoms with Crippen molar-refractivity contribution < 1.29 is 22.8 Å². The molecule has 1 aliphatic carbocycles. The molecule has 162 valence electrons. The number of rotatable bonds is 6. The minimum atomic E-state index is -3.49. The van der Waals surface area contributed by atoms with Crippen molar-refractivity contribution in [1.29, 1.82) is 0 Å². The van der Waals surface area contributed by atoms with E-state index in [1.165, 1.54) is 0 Å². The molecule has 7 heteroatoms. The van der Waals surface area contributed by atoms with Gasteiger partial charge >= 0.3 is 0 Å². The van der Waals surface area contributed by atoms with Gasteiger partial charge in [0.05, 0.1) is 21.9 Å². The van der Waals surface area contributed by atoms with Gasteiger partial charge in [0.1, 0.15) is 0 Å². The van der Waals surface area contributed by atoms with Crippen LogP contribution in [0.3, 0.4) is 0 Å². The summed E-state index contributed by atoms with van der Waals surface area (Å²) < 4.78 is 24.9. The third-order valence-corrected chi connectivity index (χ3v) is 7.24. The number of nitrogens with one attached hydrogen (secondary N) is 1. The second-order valence-corrected chi connectivity index (χ2v) is 9.82. The smallest absolute Gasteiger partial charge is 0.224 e. The molecule has 6 nitrogen and oxygen atoms in total. The lowest BCUT2D eigenvalue weighted by Gasteiger charge is -2.20. The third kappa shape index (κ3) is 4.11. The molecule has 0 unspecified atom stereocenters. The summed E-state index contributed by atoms with van der Waals surface area (Å²) in [6.07, 6.45) is 0.0975. The van der Waals surface area contributed by atoms with E-state index in [1.807, 2.05) is 6.92 Å². The Hall–Kier alpha value is -3.58. The van der Waals surface area contributed by atoms with E-state index in [-0.39, 0.29) is 51.9 Å². The van der Waals surface area contributed by atoms with Crippen molar-refractivity contribution in [3.05, 3.63) is 94.5 Å². The summed E-state index contributed by atoms with van der Waals surface area (Å²) in [6, 6.07) is 17.9. The van der Waals surface area contributed by atoms with Crippen LogP contribution >= 0.6 is 0 Å². The first-order valence-electron chi connectivity index (χ1n) is 10.2. The molecule has 0 heterocycles. The summed E-state index contributed by atoms with van der Waals surface area (Å²) >= 11 is 0. The number of fused-ring (bicyclic) bond motifs is 2. The number of anilines is 1. The lowest BCUT2D eigenvalue weighted by atomic mass is 9.83. The zero-order chi connectivity index (χ0) is 22.9. The zero-order valence-corrected chi connectivity index (χ0v) is 18.2. The molecule has 0 saturated heterocycles. The molecule has 4 rings (SSSR count). The SMILES string of the molecule is Cc1ccc(S(=O)(=O)CCCC(=O)Nc2cccc3c2C(=O)c2ccccc2C3=O)cc1. The first-order valence-corrected chi connectivity index (χ1v) is 11.8. The number of ketones is 2. The maximum absolute atomic E-state index is 13.0. The molecule has 0 aromatic heterocycles. The Bertz CT molecular complexity index is 1340. The Kier molecular flexibility index (Phi) is 5.76.